The van der Waals surface area contributed by atoms with Crippen LogP contribution in [-0.2, 0) is 0 Å². The Morgan fingerprint density at radius 1 is 0.938 bits per heavy atom. The molecule has 0 aliphatic rings. The lowest BCUT2D eigenvalue weighted by atomic mass is 10.2. The second-order valence-corrected chi connectivity index (χ2v) is 4.88. The molecule has 0 aromatic heterocycles. The molecule has 0 N–H and O–H groups in total. The van der Waals surface area contributed by atoms with Gasteiger partial charge in [0.1, 0.15) is 0 Å². The lowest BCUT2D eigenvalue weighted by molar-refractivity contribution is 0.108. The summed E-state index contributed by atoms with van der Waals surface area (Å²) in [6.45, 7) is 2.04. The molecule has 0 amide bonds. The largest absolute Gasteiger partial charge is 0.289 e. The van der Waals surface area contributed by atoms with Crippen molar-refractivity contribution in [1.29, 1.82) is 0 Å². The van der Waals surface area contributed by atoms with Gasteiger partial charge in [0.25, 0.3) is 0 Å². The highest BCUT2D eigenvalue weighted by atomic mass is 31.1. The van der Waals surface area contributed by atoms with Crippen molar-refractivity contribution < 1.29 is 4.79 Å². The Hall–Kier alpha value is -1.46. The summed E-state index contributed by atoms with van der Waals surface area (Å²) < 4.78 is 0. The van der Waals surface area contributed by atoms with Gasteiger partial charge in [0.2, 0.25) is 0 Å². The van der Waals surface area contributed by atoms with Crippen LogP contribution in [0, 0.1) is 6.92 Å². The SMILES string of the molecule is Cc1ccccc1PC(=O)c1ccccc1. The molecule has 0 heterocycles. The Labute approximate surface area is 97.3 Å². The maximum Gasteiger partial charge on any atom is 0.185 e. The molecule has 0 spiro atoms. The standard InChI is InChI=1S/C14H13OP/c1-11-7-5-6-10-13(11)16-14(15)12-8-3-2-4-9-12/h2-10,16H,1H3. The number of aryl methyl sites for hydroxylation is 1. The minimum atomic E-state index is 0.204. The highest BCUT2D eigenvalue weighted by Crippen LogP contribution is 2.19. The number of carbonyl (C=O) groups is 1. The fraction of sp³-hybridized carbons (Fsp3) is 0.0714. The maximum atomic E-state index is 12.0. The predicted octanol–water partition coefficient (Wildman–Crippen LogP) is 3.14. The molecule has 2 aromatic carbocycles. The van der Waals surface area contributed by atoms with Crippen LogP contribution in [0.5, 0.6) is 0 Å². The molecule has 1 nitrogen and oxygen atoms in total. The van der Waals surface area contributed by atoms with Crippen LogP contribution in [0.2, 0.25) is 0 Å². The van der Waals surface area contributed by atoms with E-state index >= 15 is 0 Å². The third-order valence-electron chi connectivity index (χ3n) is 2.43. The molecule has 80 valence electrons. The van der Waals surface area contributed by atoms with E-state index in [0.29, 0.717) is 0 Å². The first kappa shape index (κ1) is 11.0. The Bertz CT molecular complexity index is 491. The third kappa shape index (κ3) is 2.56. The van der Waals surface area contributed by atoms with Crippen LogP contribution in [-0.4, -0.2) is 5.52 Å². The van der Waals surface area contributed by atoms with E-state index in [4.69, 9.17) is 0 Å². The summed E-state index contributed by atoms with van der Waals surface area (Å²) in [5.41, 5.74) is 2.18. The summed E-state index contributed by atoms with van der Waals surface area (Å²) in [5.74, 6) is 0. The first-order chi connectivity index (χ1) is 7.77. The van der Waals surface area contributed by atoms with Crippen LogP contribution < -0.4 is 5.30 Å². The van der Waals surface area contributed by atoms with Crippen molar-refractivity contribution in [3.63, 3.8) is 0 Å². The lowest BCUT2D eigenvalue weighted by Gasteiger charge is -2.04. The zero-order chi connectivity index (χ0) is 11.4. The van der Waals surface area contributed by atoms with E-state index in [2.05, 4.69) is 0 Å². The van der Waals surface area contributed by atoms with E-state index in [1.165, 1.54) is 5.56 Å². The molecule has 0 fully saturated rings. The lowest BCUT2D eigenvalue weighted by Crippen LogP contribution is -2.03. The zero-order valence-electron chi connectivity index (χ0n) is 9.10. The summed E-state index contributed by atoms with van der Waals surface area (Å²) >= 11 is 0. The monoisotopic (exact) mass is 228 g/mol. The molecule has 0 aliphatic heterocycles. The van der Waals surface area contributed by atoms with Gasteiger partial charge in [0.15, 0.2) is 5.52 Å². The van der Waals surface area contributed by atoms with E-state index in [1.54, 1.807) is 0 Å². The second-order valence-electron chi connectivity index (χ2n) is 3.64. The van der Waals surface area contributed by atoms with Crippen molar-refractivity contribution in [2.24, 2.45) is 0 Å². The number of hydrogen-bond acceptors (Lipinski definition) is 1. The van der Waals surface area contributed by atoms with Gasteiger partial charge in [-0.2, -0.15) is 0 Å². The first-order valence-corrected chi connectivity index (χ1v) is 6.19. The molecule has 1 atom stereocenters. The van der Waals surface area contributed by atoms with E-state index in [-0.39, 0.29) is 14.1 Å². The van der Waals surface area contributed by atoms with Crippen molar-refractivity contribution in [2.75, 3.05) is 0 Å². The highest BCUT2D eigenvalue weighted by Gasteiger charge is 2.07. The van der Waals surface area contributed by atoms with E-state index < -0.39 is 0 Å². The predicted molar refractivity (Wildman–Crippen MR) is 69.9 cm³/mol. The average Bonchev–Trinajstić information content (AvgIpc) is 2.33. The highest BCUT2D eigenvalue weighted by molar-refractivity contribution is 7.66. The van der Waals surface area contributed by atoms with Gasteiger partial charge in [-0.25, -0.2) is 0 Å². The van der Waals surface area contributed by atoms with Crippen LogP contribution >= 0.6 is 8.58 Å². The van der Waals surface area contributed by atoms with Gasteiger partial charge in [-0.3, -0.25) is 4.79 Å². The van der Waals surface area contributed by atoms with Gasteiger partial charge >= 0.3 is 0 Å². The molecule has 0 radical (unpaired) electrons. The normalized spacial score (nSPS) is 10.8. The Morgan fingerprint density at radius 3 is 2.25 bits per heavy atom. The van der Waals surface area contributed by atoms with E-state index in [9.17, 15) is 4.79 Å². The second kappa shape index (κ2) is 5.05. The maximum absolute atomic E-state index is 12.0. The molecule has 2 rings (SSSR count). The number of benzene rings is 2. The van der Waals surface area contributed by atoms with Crippen LogP contribution in [0.1, 0.15) is 15.9 Å². The van der Waals surface area contributed by atoms with Gasteiger partial charge < -0.3 is 0 Å². The number of carbonyl (C=O) groups excluding carboxylic acids is 1. The van der Waals surface area contributed by atoms with E-state index in [0.717, 1.165) is 10.9 Å². The number of rotatable bonds is 3. The van der Waals surface area contributed by atoms with Crippen molar-refractivity contribution >= 4 is 19.4 Å². The minimum absolute atomic E-state index is 0.204. The molecule has 0 saturated carbocycles. The molecular formula is C14H13OP. The molecule has 0 saturated heterocycles. The van der Waals surface area contributed by atoms with Crippen LogP contribution in [0.4, 0.5) is 0 Å². The van der Waals surface area contributed by atoms with Crippen molar-refractivity contribution in [3.05, 3.63) is 65.7 Å². The number of hydrogen-bond donors (Lipinski definition) is 0. The smallest absolute Gasteiger partial charge is 0.185 e. The molecular weight excluding hydrogens is 215 g/mol. The summed E-state index contributed by atoms with van der Waals surface area (Å²) in [6, 6.07) is 17.5. The minimum Gasteiger partial charge on any atom is -0.289 e. The Kier molecular flexibility index (Phi) is 3.48. The summed E-state index contributed by atoms with van der Waals surface area (Å²) in [4.78, 5) is 12.0. The van der Waals surface area contributed by atoms with Crippen molar-refractivity contribution in [3.8, 4) is 0 Å². The average molecular weight is 228 g/mol. The van der Waals surface area contributed by atoms with Crippen LogP contribution in [0.3, 0.4) is 0 Å². The molecule has 0 aliphatic carbocycles. The fourth-order valence-electron chi connectivity index (χ4n) is 1.50. The fourth-order valence-corrected chi connectivity index (χ4v) is 2.51. The topological polar surface area (TPSA) is 17.1 Å². The van der Waals surface area contributed by atoms with Gasteiger partial charge in [-0.15, -0.1) is 0 Å². The Balaban J connectivity index is 2.18. The quantitative estimate of drug-likeness (QED) is 0.737. The van der Waals surface area contributed by atoms with Crippen molar-refractivity contribution in [2.45, 2.75) is 6.92 Å². The summed E-state index contributed by atoms with van der Waals surface area (Å²) in [5, 5.41) is 1.14. The molecule has 16 heavy (non-hydrogen) atoms. The van der Waals surface area contributed by atoms with Crippen LogP contribution in [0.25, 0.3) is 0 Å². The molecule has 2 aromatic rings. The summed E-state index contributed by atoms with van der Waals surface area (Å²) in [6.07, 6.45) is 0. The Morgan fingerprint density at radius 2 is 1.56 bits per heavy atom. The third-order valence-corrected chi connectivity index (χ3v) is 3.78. The molecule has 2 heteroatoms. The van der Waals surface area contributed by atoms with Crippen molar-refractivity contribution in [1.82, 2.24) is 0 Å². The van der Waals surface area contributed by atoms with E-state index in [1.807, 2.05) is 61.5 Å². The van der Waals surface area contributed by atoms with Gasteiger partial charge in [0.05, 0.1) is 0 Å². The van der Waals surface area contributed by atoms with Gasteiger partial charge in [-0.05, 0) is 26.4 Å². The molecule has 0 bridgehead atoms. The first-order valence-electron chi connectivity index (χ1n) is 5.19. The zero-order valence-corrected chi connectivity index (χ0v) is 10.1. The van der Waals surface area contributed by atoms with Crippen LogP contribution in [0.15, 0.2) is 54.6 Å². The van der Waals surface area contributed by atoms with Gasteiger partial charge in [0, 0.05) is 5.56 Å². The summed E-state index contributed by atoms with van der Waals surface area (Å²) in [7, 11) is 0.216. The molecule has 1 unspecified atom stereocenters. The van der Waals surface area contributed by atoms with Gasteiger partial charge in [-0.1, -0.05) is 54.6 Å².